The Morgan fingerprint density at radius 2 is 1.43 bits per heavy atom. The van der Waals surface area contributed by atoms with Crippen molar-refractivity contribution in [3.05, 3.63) is 0 Å². The molecule has 23 heavy (non-hydrogen) atoms. The molecule has 0 heterocycles. The predicted molar refractivity (Wildman–Crippen MR) is 91.2 cm³/mol. The maximum absolute atomic E-state index is 11.9. The van der Waals surface area contributed by atoms with Crippen molar-refractivity contribution in [2.75, 3.05) is 13.3 Å². The molecule has 0 bridgehead atoms. The summed E-state index contributed by atoms with van der Waals surface area (Å²) in [5.74, 6) is 3.15. The van der Waals surface area contributed by atoms with Crippen LogP contribution in [0.4, 0.5) is 0 Å². The Morgan fingerprint density at radius 1 is 0.957 bits per heavy atom. The summed E-state index contributed by atoms with van der Waals surface area (Å²) >= 11 is 0. The summed E-state index contributed by atoms with van der Waals surface area (Å²) in [5.41, 5.74) is 0.152. The van der Waals surface area contributed by atoms with Crippen LogP contribution in [0.5, 0.6) is 0 Å². The molecule has 4 nitrogen and oxygen atoms in total. The molecule has 0 amide bonds. The van der Waals surface area contributed by atoms with Crippen molar-refractivity contribution in [3.8, 4) is 0 Å². The van der Waals surface area contributed by atoms with Gasteiger partial charge in [0.2, 0.25) is 0 Å². The second-order valence-corrected chi connectivity index (χ2v) is 12.0. The lowest BCUT2D eigenvalue weighted by Gasteiger charge is -2.15. The summed E-state index contributed by atoms with van der Waals surface area (Å²) in [5, 5.41) is -0.355. The standard InChI is InChI=1S/C9H15O2P.C8H12O.CH2O/c1-6-4-8(10)9(5-7(6)9)12(2,3)11;1-5-3-7(9)8(2)4-6(5)8;1-2/h6-7H,4-5H2,1-3H3;5-6H,3-4H2,1-2H3;1H2. The van der Waals surface area contributed by atoms with Crippen molar-refractivity contribution in [1.82, 2.24) is 0 Å². The molecule has 4 aliphatic rings. The molecule has 6 atom stereocenters. The van der Waals surface area contributed by atoms with E-state index < -0.39 is 7.14 Å². The van der Waals surface area contributed by atoms with Gasteiger partial charge in [-0.1, -0.05) is 20.8 Å². The fourth-order valence-electron chi connectivity index (χ4n) is 5.02. The third-order valence-corrected chi connectivity index (χ3v) is 9.44. The fourth-order valence-corrected chi connectivity index (χ4v) is 7.40. The molecule has 0 N–H and O–H groups in total. The fraction of sp³-hybridized carbons (Fsp3) is 0.833. The van der Waals surface area contributed by atoms with Gasteiger partial charge in [0.25, 0.3) is 0 Å². The number of carbonyl (C=O) groups is 3. The zero-order chi connectivity index (χ0) is 17.8. The first-order chi connectivity index (χ1) is 10.5. The number of Topliss-reactive ketones (excluding diaryl/α,β-unsaturated/α-hetero) is 2. The first kappa shape index (κ1) is 18.6. The van der Waals surface area contributed by atoms with E-state index in [4.69, 9.17) is 4.79 Å². The average Bonchev–Trinajstić information content (AvgIpc) is 3.30. The molecule has 4 saturated carbocycles. The van der Waals surface area contributed by atoms with E-state index in [0.29, 0.717) is 30.0 Å². The molecule has 4 fully saturated rings. The van der Waals surface area contributed by atoms with Gasteiger partial charge in [-0.05, 0) is 49.8 Å². The van der Waals surface area contributed by atoms with E-state index in [2.05, 4.69) is 20.8 Å². The Morgan fingerprint density at radius 3 is 1.57 bits per heavy atom. The normalized spacial score (nSPS) is 46.0. The Kier molecular flexibility index (Phi) is 4.56. The van der Waals surface area contributed by atoms with Crippen LogP contribution in [0.2, 0.25) is 0 Å². The quantitative estimate of drug-likeness (QED) is 0.686. The van der Waals surface area contributed by atoms with Crippen LogP contribution in [0.3, 0.4) is 0 Å². The third-order valence-electron chi connectivity index (χ3n) is 6.76. The van der Waals surface area contributed by atoms with Gasteiger partial charge in [0.1, 0.15) is 18.4 Å². The number of rotatable bonds is 1. The van der Waals surface area contributed by atoms with E-state index >= 15 is 0 Å². The van der Waals surface area contributed by atoms with Crippen molar-refractivity contribution in [2.24, 2.45) is 29.1 Å². The molecule has 0 aromatic rings. The number of carbonyl (C=O) groups excluding carboxylic acids is 3. The Labute approximate surface area is 139 Å². The van der Waals surface area contributed by atoms with Crippen molar-refractivity contribution >= 4 is 25.5 Å². The number of hydrogen-bond donors (Lipinski definition) is 0. The molecule has 0 aromatic carbocycles. The van der Waals surface area contributed by atoms with Crippen LogP contribution < -0.4 is 0 Å². The second-order valence-electron chi connectivity index (χ2n) is 8.52. The van der Waals surface area contributed by atoms with E-state index in [-0.39, 0.29) is 16.4 Å². The van der Waals surface area contributed by atoms with E-state index in [9.17, 15) is 14.2 Å². The molecule has 6 unspecified atom stereocenters. The molecule has 0 spiro atoms. The number of fused-ring (bicyclic) bond motifs is 2. The van der Waals surface area contributed by atoms with Crippen molar-refractivity contribution in [1.29, 1.82) is 0 Å². The summed E-state index contributed by atoms with van der Waals surface area (Å²) < 4.78 is 11.9. The van der Waals surface area contributed by atoms with Crippen LogP contribution in [0.25, 0.3) is 0 Å². The SMILES string of the molecule is C=O.CC1CC(=O)C2(C)CC12.CC1CC(=O)C2(P(C)(C)=O)CC12. The van der Waals surface area contributed by atoms with Gasteiger partial charge in [-0.25, -0.2) is 0 Å². The first-order valence-corrected chi connectivity index (χ1v) is 11.0. The van der Waals surface area contributed by atoms with E-state index in [1.54, 1.807) is 13.3 Å². The van der Waals surface area contributed by atoms with Crippen LogP contribution in [0.15, 0.2) is 0 Å². The van der Waals surface area contributed by atoms with Gasteiger partial charge in [-0.3, -0.25) is 9.59 Å². The van der Waals surface area contributed by atoms with Gasteiger partial charge in [-0.2, -0.15) is 0 Å². The molecule has 0 aliphatic heterocycles. The molecule has 4 rings (SSSR count). The average molecular weight is 340 g/mol. The van der Waals surface area contributed by atoms with E-state index in [0.717, 1.165) is 18.8 Å². The molecule has 4 aliphatic carbocycles. The summed E-state index contributed by atoms with van der Waals surface area (Å²) in [6.07, 6.45) is 3.59. The number of ketones is 2. The van der Waals surface area contributed by atoms with Crippen molar-refractivity contribution in [3.63, 3.8) is 0 Å². The minimum Gasteiger partial charge on any atom is -0.323 e. The second kappa shape index (κ2) is 5.65. The predicted octanol–water partition coefficient (Wildman–Crippen LogP) is 3.41. The van der Waals surface area contributed by atoms with Crippen LogP contribution in [0, 0.1) is 29.1 Å². The van der Waals surface area contributed by atoms with Crippen molar-refractivity contribution in [2.45, 2.75) is 51.6 Å². The van der Waals surface area contributed by atoms with Gasteiger partial charge in [0, 0.05) is 18.3 Å². The first-order valence-electron chi connectivity index (χ1n) is 8.44. The Hall–Kier alpha value is -0.760. The maximum atomic E-state index is 11.9. The van der Waals surface area contributed by atoms with E-state index in [1.165, 1.54) is 6.42 Å². The highest BCUT2D eigenvalue weighted by Crippen LogP contribution is 2.75. The topological polar surface area (TPSA) is 68.3 Å². The van der Waals surface area contributed by atoms with Gasteiger partial charge in [0.15, 0.2) is 0 Å². The summed E-state index contributed by atoms with van der Waals surface area (Å²) in [4.78, 5) is 30.8. The molecular weight excluding hydrogens is 311 g/mol. The summed E-state index contributed by atoms with van der Waals surface area (Å²) in [6.45, 7) is 11.9. The van der Waals surface area contributed by atoms with Gasteiger partial charge in [0.05, 0.1) is 12.3 Å². The largest absolute Gasteiger partial charge is 0.323 e. The monoisotopic (exact) mass is 340 g/mol. The van der Waals surface area contributed by atoms with Crippen LogP contribution in [0.1, 0.15) is 46.5 Å². The molecule has 0 radical (unpaired) electrons. The Balaban J connectivity index is 0.000000155. The smallest absolute Gasteiger partial charge is 0.146 e. The molecule has 130 valence electrons. The molecular formula is C18H29O4P. The van der Waals surface area contributed by atoms with E-state index in [1.807, 2.05) is 6.79 Å². The van der Waals surface area contributed by atoms with Crippen molar-refractivity contribution < 1.29 is 18.9 Å². The third kappa shape index (κ3) is 2.67. The zero-order valence-corrected chi connectivity index (χ0v) is 15.8. The molecule has 5 heteroatoms. The highest BCUT2D eigenvalue weighted by molar-refractivity contribution is 7.65. The molecule has 0 saturated heterocycles. The van der Waals surface area contributed by atoms with Crippen LogP contribution in [-0.2, 0) is 18.9 Å². The summed E-state index contributed by atoms with van der Waals surface area (Å²) in [6, 6.07) is 0. The number of hydrogen-bond acceptors (Lipinski definition) is 4. The van der Waals surface area contributed by atoms with Gasteiger partial charge < -0.3 is 9.36 Å². The summed E-state index contributed by atoms with van der Waals surface area (Å²) in [7, 11) is -2.19. The Bertz CT molecular complexity index is 580. The maximum Gasteiger partial charge on any atom is 0.146 e. The van der Waals surface area contributed by atoms with Crippen LogP contribution >= 0.6 is 7.14 Å². The lowest BCUT2D eigenvalue weighted by molar-refractivity contribution is -0.122. The highest BCUT2D eigenvalue weighted by atomic mass is 31.2. The minimum absolute atomic E-state index is 0.152. The highest BCUT2D eigenvalue weighted by Gasteiger charge is 2.71. The molecule has 0 aromatic heterocycles. The van der Waals surface area contributed by atoms with Gasteiger partial charge >= 0.3 is 0 Å². The van der Waals surface area contributed by atoms with Crippen LogP contribution in [-0.4, -0.2) is 36.8 Å². The van der Waals surface area contributed by atoms with Gasteiger partial charge in [-0.15, -0.1) is 0 Å². The lowest BCUT2D eigenvalue weighted by Crippen LogP contribution is -2.19. The zero-order valence-electron chi connectivity index (χ0n) is 14.9. The lowest BCUT2D eigenvalue weighted by atomic mass is 10.1. The minimum atomic E-state index is -2.19.